The number of rotatable bonds is 5. The summed E-state index contributed by atoms with van der Waals surface area (Å²) in [4.78, 5) is 4.35. The summed E-state index contributed by atoms with van der Waals surface area (Å²) in [7, 11) is 0. The molecule has 1 heterocycles. The number of pyridine rings is 1. The van der Waals surface area contributed by atoms with Gasteiger partial charge in [-0.3, -0.25) is 0 Å². The van der Waals surface area contributed by atoms with Crippen LogP contribution in [0.25, 0.3) is 0 Å². The van der Waals surface area contributed by atoms with Gasteiger partial charge in [-0.1, -0.05) is 0 Å². The van der Waals surface area contributed by atoms with Gasteiger partial charge in [0.2, 0.25) is 0 Å². The molecule has 0 bridgehead atoms. The maximum absolute atomic E-state index is 4.35. The topological polar surface area (TPSA) is 24.9 Å². The molecule has 0 spiro atoms. The molecule has 0 amide bonds. The van der Waals surface area contributed by atoms with Crippen molar-refractivity contribution >= 4 is 21.7 Å². The van der Waals surface area contributed by atoms with Crippen LogP contribution in [0.3, 0.4) is 0 Å². The molecule has 0 radical (unpaired) electrons. The molecule has 2 fully saturated rings. The van der Waals surface area contributed by atoms with Crippen molar-refractivity contribution in [1.29, 1.82) is 0 Å². The van der Waals surface area contributed by atoms with Crippen molar-refractivity contribution in [3.8, 4) is 0 Å². The Balaban J connectivity index is 1.60. The van der Waals surface area contributed by atoms with Crippen molar-refractivity contribution in [2.75, 3.05) is 11.9 Å². The van der Waals surface area contributed by atoms with Crippen molar-refractivity contribution in [1.82, 2.24) is 4.98 Å². The van der Waals surface area contributed by atoms with Crippen molar-refractivity contribution in [2.24, 2.45) is 17.8 Å². The Morgan fingerprint density at radius 2 is 2.00 bits per heavy atom. The van der Waals surface area contributed by atoms with Crippen molar-refractivity contribution in [3.05, 3.63) is 22.8 Å². The van der Waals surface area contributed by atoms with Gasteiger partial charge in [-0.05, 0) is 71.5 Å². The van der Waals surface area contributed by atoms with E-state index >= 15 is 0 Å². The molecular formula is C13H17BrN2. The van der Waals surface area contributed by atoms with Crippen LogP contribution in [0.15, 0.2) is 22.8 Å². The van der Waals surface area contributed by atoms with Crippen LogP contribution < -0.4 is 5.32 Å². The number of anilines is 1. The zero-order chi connectivity index (χ0) is 11.0. The van der Waals surface area contributed by atoms with Gasteiger partial charge in [0.1, 0.15) is 5.82 Å². The fourth-order valence-electron chi connectivity index (χ4n) is 2.50. The van der Waals surface area contributed by atoms with Crippen molar-refractivity contribution < 1.29 is 0 Å². The minimum atomic E-state index is 0.897. The maximum Gasteiger partial charge on any atom is 0.140 e. The molecule has 16 heavy (non-hydrogen) atoms. The van der Waals surface area contributed by atoms with Gasteiger partial charge in [-0.25, -0.2) is 4.98 Å². The van der Waals surface area contributed by atoms with Gasteiger partial charge >= 0.3 is 0 Å². The summed E-state index contributed by atoms with van der Waals surface area (Å²) in [5, 5.41) is 3.50. The highest BCUT2D eigenvalue weighted by molar-refractivity contribution is 9.10. The number of aromatic nitrogens is 1. The molecule has 0 saturated heterocycles. The predicted molar refractivity (Wildman–Crippen MR) is 69.4 cm³/mol. The third-order valence-electron chi connectivity index (χ3n) is 3.72. The zero-order valence-corrected chi connectivity index (χ0v) is 10.9. The van der Waals surface area contributed by atoms with Gasteiger partial charge in [0.15, 0.2) is 0 Å². The van der Waals surface area contributed by atoms with E-state index < -0.39 is 0 Å². The number of nitrogens with zero attached hydrogens (tertiary/aromatic N) is 1. The summed E-state index contributed by atoms with van der Waals surface area (Å²) >= 11 is 3.53. The van der Waals surface area contributed by atoms with Crippen molar-refractivity contribution in [2.45, 2.75) is 25.7 Å². The highest BCUT2D eigenvalue weighted by Gasteiger charge is 2.41. The number of halogens is 1. The van der Waals surface area contributed by atoms with Gasteiger partial charge < -0.3 is 5.32 Å². The van der Waals surface area contributed by atoms with Crippen LogP contribution >= 0.6 is 15.9 Å². The largest absolute Gasteiger partial charge is 0.369 e. The van der Waals surface area contributed by atoms with E-state index in [4.69, 9.17) is 0 Å². The first kappa shape index (κ1) is 10.6. The molecule has 2 aliphatic rings. The van der Waals surface area contributed by atoms with E-state index in [9.17, 15) is 0 Å². The summed E-state index contributed by atoms with van der Waals surface area (Å²) < 4.78 is 1.07. The first-order valence-corrected chi connectivity index (χ1v) is 6.98. The monoisotopic (exact) mass is 280 g/mol. The van der Waals surface area contributed by atoms with Crippen LogP contribution in [0.5, 0.6) is 0 Å². The van der Waals surface area contributed by atoms with E-state index in [2.05, 4.69) is 26.2 Å². The third-order valence-corrected chi connectivity index (χ3v) is 4.36. The molecule has 1 aromatic heterocycles. The van der Waals surface area contributed by atoms with E-state index in [0.29, 0.717) is 0 Å². The van der Waals surface area contributed by atoms with Crippen LogP contribution in [-0.4, -0.2) is 11.5 Å². The molecule has 0 aromatic carbocycles. The summed E-state index contributed by atoms with van der Waals surface area (Å²) in [6.45, 7) is 1.10. The Morgan fingerprint density at radius 3 is 2.56 bits per heavy atom. The average Bonchev–Trinajstić information content (AvgIpc) is 3.15. The van der Waals surface area contributed by atoms with Gasteiger partial charge in [0.25, 0.3) is 0 Å². The minimum absolute atomic E-state index is 0.897. The third kappa shape index (κ3) is 2.40. The van der Waals surface area contributed by atoms with E-state index in [1.807, 2.05) is 18.3 Å². The van der Waals surface area contributed by atoms with E-state index in [1.165, 1.54) is 25.7 Å². The molecule has 2 aliphatic carbocycles. The number of hydrogen-bond acceptors (Lipinski definition) is 2. The Kier molecular flexibility index (Phi) is 2.88. The number of nitrogens with one attached hydrogen (secondary N) is 1. The fourth-order valence-corrected chi connectivity index (χ4v) is 2.89. The summed E-state index contributed by atoms with van der Waals surface area (Å²) in [5.41, 5.74) is 0. The quantitative estimate of drug-likeness (QED) is 0.890. The lowest BCUT2D eigenvalue weighted by atomic mass is 9.98. The molecule has 1 N–H and O–H groups in total. The molecule has 0 atom stereocenters. The Labute approximate surface area is 105 Å². The van der Waals surface area contributed by atoms with E-state index in [-0.39, 0.29) is 0 Å². The fraction of sp³-hybridized carbons (Fsp3) is 0.615. The van der Waals surface area contributed by atoms with Gasteiger partial charge in [-0.15, -0.1) is 0 Å². The van der Waals surface area contributed by atoms with Crippen LogP contribution in [0.1, 0.15) is 25.7 Å². The first-order chi connectivity index (χ1) is 7.84. The second-order valence-corrected chi connectivity index (χ2v) is 5.91. The molecular weight excluding hydrogens is 264 g/mol. The predicted octanol–water partition coefficient (Wildman–Crippen LogP) is 3.69. The summed E-state index contributed by atoms with van der Waals surface area (Å²) in [6, 6.07) is 3.99. The van der Waals surface area contributed by atoms with Gasteiger partial charge in [0, 0.05) is 12.7 Å². The van der Waals surface area contributed by atoms with Gasteiger partial charge in [0.05, 0.1) is 4.47 Å². The maximum atomic E-state index is 4.35. The van der Waals surface area contributed by atoms with Crippen molar-refractivity contribution in [3.63, 3.8) is 0 Å². The highest BCUT2D eigenvalue weighted by atomic mass is 79.9. The summed E-state index contributed by atoms with van der Waals surface area (Å²) in [5.74, 6) is 3.90. The molecule has 1 aromatic rings. The smallest absolute Gasteiger partial charge is 0.140 e. The minimum Gasteiger partial charge on any atom is -0.369 e. The van der Waals surface area contributed by atoms with E-state index in [1.54, 1.807) is 0 Å². The molecule has 0 aliphatic heterocycles. The Hall–Kier alpha value is -0.570. The zero-order valence-electron chi connectivity index (χ0n) is 9.32. The average molecular weight is 281 g/mol. The lowest BCUT2D eigenvalue weighted by Crippen LogP contribution is -2.18. The van der Waals surface area contributed by atoms with Crippen LogP contribution in [0.2, 0.25) is 0 Å². The van der Waals surface area contributed by atoms with E-state index in [0.717, 1.165) is 34.6 Å². The summed E-state index contributed by atoms with van der Waals surface area (Å²) in [6.07, 6.45) is 7.65. The first-order valence-electron chi connectivity index (χ1n) is 6.19. The number of hydrogen-bond donors (Lipinski definition) is 1. The molecule has 3 rings (SSSR count). The standard InChI is InChI=1S/C13H17BrN2/c14-12-2-1-7-15-13(12)16-8-11(9-3-4-9)10-5-6-10/h1-2,7,9-11H,3-6,8H2,(H,15,16). The molecule has 2 saturated carbocycles. The van der Waals surface area contributed by atoms with Gasteiger partial charge in [-0.2, -0.15) is 0 Å². The Morgan fingerprint density at radius 1 is 1.31 bits per heavy atom. The lowest BCUT2D eigenvalue weighted by Gasteiger charge is -2.17. The second-order valence-electron chi connectivity index (χ2n) is 5.05. The SMILES string of the molecule is Brc1cccnc1NCC(C1CC1)C1CC1. The lowest BCUT2D eigenvalue weighted by molar-refractivity contribution is 0.427. The Bertz CT molecular complexity index is 360. The molecule has 86 valence electrons. The normalized spacial score (nSPS) is 20.1. The van der Waals surface area contributed by atoms with Crippen LogP contribution in [0, 0.1) is 17.8 Å². The molecule has 2 nitrogen and oxygen atoms in total. The second kappa shape index (κ2) is 4.36. The molecule has 0 unspecified atom stereocenters. The van der Waals surface area contributed by atoms with Crippen LogP contribution in [-0.2, 0) is 0 Å². The van der Waals surface area contributed by atoms with Crippen LogP contribution in [0.4, 0.5) is 5.82 Å². The molecule has 3 heteroatoms. The highest BCUT2D eigenvalue weighted by Crippen LogP contribution is 2.49.